The van der Waals surface area contributed by atoms with E-state index in [0.29, 0.717) is 26.3 Å². The molecule has 0 aliphatic rings. The van der Waals surface area contributed by atoms with Crippen molar-refractivity contribution < 1.29 is 18.0 Å². The Hall–Kier alpha value is -2.78. The second-order valence-corrected chi connectivity index (χ2v) is 13.8. The van der Waals surface area contributed by atoms with E-state index < -0.39 is 16.1 Å². The number of hydrogen-bond acceptors (Lipinski definition) is 4. The number of halogens is 3. The molecule has 3 aromatic rings. The maximum atomic E-state index is 14.0. The summed E-state index contributed by atoms with van der Waals surface area (Å²) in [6.07, 6.45) is 2.30. The molecule has 2 amide bonds. The van der Waals surface area contributed by atoms with Gasteiger partial charge in [0.25, 0.3) is 0 Å². The van der Waals surface area contributed by atoms with E-state index in [1.54, 1.807) is 43.3 Å². The predicted octanol–water partition coefficient (Wildman–Crippen LogP) is 7.06. The number of nitrogens with one attached hydrogen (secondary N) is 1. The van der Waals surface area contributed by atoms with Gasteiger partial charge in [-0.15, -0.1) is 0 Å². The summed E-state index contributed by atoms with van der Waals surface area (Å²) >= 11 is 19.2. The molecule has 11 heteroatoms. The van der Waals surface area contributed by atoms with Crippen molar-refractivity contribution in [2.24, 2.45) is 0 Å². The van der Waals surface area contributed by atoms with Crippen LogP contribution in [0, 0.1) is 6.92 Å². The minimum absolute atomic E-state index is 0.00591. The predicted molar refractivity (Wildman–Crippen MR) is 176 cm³/mol. The number of anilines is 1. The molecule has 0 aliphatic carbocycles. The molecule has 0 fully saturated rings. The standard InChI is InChI=1S/C32H38Cl3N3O4S/c1-5-23(3)36-32(40)30(19-24-11-7-6-8-12-24)37(21-26-27(34)13-9-14-28(26)35)31(39)15-10-18-38(43(4,41)42)29-20-25(33)17-16-22(29)2/h6-9,11-14,16-17,20,23,30H,5,10,15,18-19,21H2,1-4H3,(H,36,40)/t23-,30-/m0/s1. The van der Waals surface area contributed by atoms with E-state index in [1.807, 2.05) is 44.2 Å². The molecule has 0 heterocycles. The van der Waals surface area contributed by atoms with Gasteiger partial charge in [0.1, 0.15) is 6.04 Å². The van der Waals surface area contributed by atoms with Crippen LogP contribution >= 0.6 is 34.8 Å². The van der Waals surface area contributed by atoms with Crippen molar-refractivity contribution in [2.45, 2.75) is 65.1 Å². The molecular weight excluding hydrogens is 629 g/mol. The van der Waals surface area contributed by atoms with E-state index >= 15 is 0 Å². The SMILES string of the molecule is CC[C@H](C)NC(=O)[C@H](Cc1ccccc1)N(Cc1c(Cl)cccc1Cl)C(=O)CCCN(c1cc(Cl)ccc1C)S(C)(=O)=O. The quantitative estimate of drug-likeness (QED) is 0.200. The van der Waals surface area contributed by atoms with Crippen LogP contribution < -0.4 is 9.62 Å². The highest BCUT2D eigenvalue weighted by Gasteiger charge is 2.32. The number of nitrogens with zero attached hydrogens (tertiary/aromatic N) is 2. The van der Waals surface area contributed by atoms with Crippen molar-refractivity contribution >= 4 is 62.3 Å². The zero-order valence-corrected chi connectivity index (χ0v) is 27.9. The number of rotatable bonds is 14. The van der Waals surface area contributed by atoms with Crippen molar-refractivity contribution in [3.63, 3.8) is 0 Å². The van der Waals surface area contributed by atoms with Crippen molar-refractivity contribution in [3.05, 3.63) is 98.5 Å². The maximum absolute atomic E-state index is 14.0. The van der Waals surface area contributed by atoms with E-state index in [1.165, 1.54) is 9.21 Å². The van der Waals surface area contributed by atoms with Gasteiger partial charge >= 0.3 is 0 Å². The monoisotopic (exact) mass is 665 g/mol. The summed E-state index contributed by atoms with van der Waals surface area (Å²) in [7, 11) is -3.67. The minimum Gasteiger partial charge on any atom is -0.352 e. The Balaban J connectivity index is 1.95. The Labute approximate surface area is 270 Å². The van der Waals surface area contributed by atoms with Crippen LogP contribution in [0.2, 0.25) is 15.1 Å². The molecule has 0 radical (unpaired) electrons. The number of carbonyl (C=O) groups is 2. The Morgan fingerprint density at radius 3 is 2.21 bits per heavy atom. The summed E-state index contributed by atoms with van der Waals surface area (Å²) in [5.74, 6) is -0.616. The molecule has 43 heavy (non-hydrogen) atoms. The lowest BCUT2D eigenvalue weighted by molar-refractivity contribution is -0.141. The number of carbonyl (C=O) groups excluding carboxylic acids is 2. The highest BCUT2D eigenvalue weighted by molar-refractivity contribution is 7.92. The molecule has 0 spiro atoms. The Kier molecular flexibility index (Phi) is 12.8. The fourth-order valence-electron chi connectivity index (χ4n) is 4.68. The molecule has 0 bridgehead atoms. The van der Waals surface area contributed by atoms with Gasteiger partial charge in [0.05, 0.1) is 11.9 Å². The summed E-state index contributed by atoms with van der Waals surface area (Å²) in [5.41, 5.74) is 2.60. The van der Waals surface area contributed by atoms with E-state index in [4.69, 9.17) is 34.8 Å². The zero-order valence-electron chi connectivity index (χ0n) is 24.8. The summed E-state index contributed by atoms with van der Waals surface area (Å²) in [5, 5.41) is 4.20. The van der Waals surface area contributed by atoms with Crippen LogP contribution in [0.1, 0.15) is 49.8 Å². The molecule has 0 aliphatic heterocycles. The second kappa shape index (κ2) is 15.8. The second-order valence-electron chi connectivity index (χ2n) is 10.6. The van der Waals surface area contributed by atoms with Crippen molar-refractivity contribution in [3.8, 4) is 0 Å². The Morgan fingerprint density at radius 2 is 1.60 bits per heavy atom. The first-order valence-corrected chi connectivity index (χ1v) is 17.1. The van der Waals surface area contributed by atoms with Crippen LogP contribution in [-0.4, -0.2) is 50.0 Å². The summed E-state index contributed by atoms with van der Waals surface area (Å²) < 4.78 is 26.8. The van der Waals surface area contributed by atoms with E-state index in [2.05, 4.69) is 5.32 Å². The van der Waals surface area contributed by atoms with Gasteiger partial charge < -0.3 is 10.2 Å². The molecule has 3 aromatic carbocycles. The van der Waals surface area contributed by atoms with Gasteiger partial charge in [0, 0.05) is 52.6 Å². The topological polar surface area (TPSA) is 86.8 Å². The van der Waals surface area contributed by atoms with E-state index in [-0.39, 0.29) is 50.2 Å². The lowest BCUT2D eigenvalue weighted by atomic mass is 10.0. The fraction of sp³-hybridized carbons (Fsp3) is 0.375. The van der Waals surface area contributed by atoms with Crippen molar-refractivity contribution in [1.29, 1.82) is 0 Å². The average molecular weight is 667 g/mol. The number of benzene rings is 3. The Bertz CT molecular complexity index is 1500. The first kappa shape index (κ1) is 34.7. The third-order valence-corrected chi connectivity index (χ3v) is 9.38. The minimum atomic E-state index is -3.67. The van der Waals surface area contributed by atoms with Crippen molar-refractivity contribution in [1.82, 2.24) is 10.2 Å². The molecule has 0 saturated carbocycles. The molecule has 232 valence electrons. The third kappa shape index (κ3) is 9.86. The van der Waals surface area contributed by atoms with Gasteiger partial charge in [-0.1, -0.05) is 84.2 Å². The van der Waals surface area contributed by atoms with E-state index in [9.17, 15) is 18.0 Å². The van der Waals surface area contributed by atoms with Crippen LogP contribution in [0.25, 0.3) is 0 Å². The molecule has 0 saturated heterocycles. The molecule has 3 rings (SSSR count). The molecule has 0 aromatic heterocycles. The number of aryl methyl sites for hydroxylation is 1. The number of sulfonamides is 1. The van der Waals surface area contributed by atoms with Gasteiger partial charge in [-0.25, -0.2) is 8.42 Å². The normalized spacial score (nSPS) is 12.8. The maximum Gasteiger partial charge on any atom is 0.243 e. The highest BCUT2D eigenvalue weighted by atomic mass is 35.5. The van der Waals surface area contributed by atoms with Crippen LogP contribution in [0.3, 0.4) is 0 Å². The highest BCUT2D eigenvalue weighted by Crippen LogP contribution is 2.29. The van der Waals surface area contributed by atoms with Gasteiger partial charge in [0.2, 0.25) is 21.8 Å². The fourth-order valence-corrected chi connectivity index (χ4v) is 6.38. The van der Waals surface area contributed by atoms with Gasteiger partial charge in [-0.05, 0) is 62.1 Å². The lowest BCUT2D eigenvalue weighted by Crippen LogP contribution is -2.52. The molecular formula is C32H38Cl3N3O4S. The third-order valence-electron chi connectivity index (χ3n) is 7.25. The smallest absolute Gasteiger partial charge is 0.243 e. The van der Waals surface area contributed by atoms with Crippen LogP contribution in [0.15, 0.2) is 66.7 Å². The molecule has 7 nitrogen and oxygen atoms in total. The van der Waals surface area contributed by atoms with E-state index in [0.717, 1.165) is 23.8 Å². The Morgan fingerprint density at radius 1 is 0.953 bits per heavy atom. The molecule has 1 N–H and O–H groups in total. The van der Waals surface area contributed by atoms with Gasteiger partial charge in [-0.3, -0.25) is 13.9 Å². The number of hydrogen-bond donors (Lipinski definition) is 1. The summed E-state index contributed by atoms with van der Waals surface area (Å²) in [4.78, 5) is 29.2. The summed E-state index contributed by atoms with van der Waals surface area (Å²) in [6.45, 7) is 5.74. The lowest BCUT2D eigenvalue weighted by Gasteiger charge is -2.33. The van der Waals surface area contributed by atoms with Crippen LogP contribution in [0.4, 0.5) is 5.69 Å². The summed E-state index contributed by atoms with van der Waals surface area (Å²) in [6, 6.07) is 18.6. The molecule has 0 unspecified atom stereocenters. The van der Waals surface area contributed by atoms with Crippen molar-refractivity contribution in [2.75, 3.05) is 17.1 Å². The first-order chi connectivity index (χ1) is 20.3. The van der Waals surface area contributed by atoms with Crippen LogP contribution in [-0.2, 0) is 32.6 Å². The molecule has 2 atom stereocenters. The number of amides is 2. The average Bonchev–Trinajstić information content (AvgIpc) is 2.95. The zero-order chi connectivity index (χ0) is 31.7. The largest absolute Gasteiger partial charge is 0.352 e. The first-order valence-electron chi connectivity index (χ1n) is 14.1. The van der Waals surface area contributed by atoms with Gasteiger partial charge in [-0.2, -0.15) is 0 Å². The van der Waals surface area contributed by atoms with Crippen LogP contribution in [0.5, 0.6) is 0 Å². The van der Waals surface area contributed by atoms with Gasteiger partial charge in [0.15, 0.2) is 0 Å².